The zero-order valence-electron chi connectivity index (χ0n) is 11.3. The highest BCUT2D eigenvalue weighted by Gasteiger charge is 2.10. The van der Waals surface area contributed by atoms with Gasteiger partial charge in [-0.25, -0.2) is 4.98 Å². The van der Waals surface area contributed by atoms with Crippen LogP contribution in [0.25, 0.3) is 10.2 Å². The van der Waals surface area contributed by atoms with E-state index in [2.05, 4.69) is 54.2 Å². The van der Waals surface area contributed by atoms with E-state index in [-0.39, 0.29) is 0 Å². The summed E-state index contributed by atoms with van der Waals surface area (Å²) in [5, 5.41) is 4.47. The van der Waals surface area contributed by atoms with E-state index in [1.807, 2.05) is 6.07 Å². The Balaban J connectivity index is 1.97. The molecule has 0 fully saturated rings. The molecule has 4 heteroatoms. The third-order valence-electron chi connectivity index (χ3n) is 3.28. The van der Waals surface area contributed by atoms with Crippen LogP contribution in [-0.2, 0) is 0 Å². The zero-order chi connectivity index (χ0) is 13.0. The monoisotopic (exact) mass is 263 g/mol. The number of nitrogens with one attached hydrogen (secondary N) is 1. The van der Waals surface area contributed by atoms with Gasteiger partial charge in [0.1, 0.15) is 0 Å². The number of thiazole rings is 1. The van der Waals surface area contributed by atoms with Crippen molar-refractivity contribution in [1.82, 2.24) is 9.88 Å². The highest BCUT2D eigenvalue weighted by molar-refractivity contribution is 7.22. The minimum Gasteiger partial charge on any atom is -0.360 e. The fourth-order valence-corrected chi connectivity index (χ4v) is 3.03. The average Bonchev–Trinajstić information content (AvgIpc) is 2.80. The van der Waals surface area contributed by atoms with E-state index in [1.54, 1.807) is 11.3 Å². The molecule has 0 radical (unpaired) electrons. The lowest BCUT2D eigenvalue weighted by molar-refractivity contribution is 0.240. The van der Waals surface area contributed by atoms with Crippen molar-refractivity contribution in [3.63, 3.8) is 0 Å². The van der Waals surface area contributed by atoms with Crippen LogP contribution in [0.4, 0.5) is 5.13 Å². The highest BCUT2D eigenvalue weighted by atomic mass is 32.1. The second-order valence-corrected chi connectivity index (χ2v) is 5.47. The smallest absolute Gasteiger partial charge is 0.183 e. The van der Waals surface area contributed by atoms with Gasteiger partial charge in [0.15, 0.2) is 5.13 Å². The lowest BCUT2D eigenvalue weighted by Gasteiger charge is -2.26. The van der Waals surface area contributed by atoms with E-state index in [1.165, 1.54) is 4.70 Å². The highest BCUT2D eigenvalue weighted by Crippen LogP contribution is 2.25. The minimum absolute atomic E-state index is 0.534. The predicted molar refractivity (Wildman–Crippen MR) is 80.5 cm³/mol. The third-order valence-corrected chi connectivity index (χ3v) is 4.27. The summed E-state index contributed by atoms with van der Waals surface area (Å²) in [6.07, 6.45) is 0. The second kappa shape index (κ2) is 6.16. The first-order chi connectivity index (χ1) is 8.74. The van der Waals surface area contributed by atoms with E-state index in [4.69, 9.17) is 0 Å². The first-order valence-electron chi connectivity index (χ1n) is 6.58. The van der Waals surface area contributed by atoms with E-state index >= 15 is 0 Å². The summed E-state index contributed by atoms with van der Waals surface area (Å²) in [5.74, 6) is 0. The van der Waals surface area contributed by atoms with E-state index in [9.17, 15) is 0 Å². The number of anilines is 1. The standard InChI is InChI=1S/C14H21N3S/c1-4-17(5-2)11(3)10-15-14-16-12-8-6-7-9-13(12)18-14/h6-9,11H,4-5,10H2,1-3H3,(H,15,16). The van der Waals surface area contributed by atoms with E-state index < -0.39 is 0 Å². The van der Waals surface area contributed by atoms with E-state index in [0.29, 0.717) is 6.04 Å². The molecule has 3 nitrogen and oxygen atoms in total. The van der Waals surface area contributed by atoms with Crippen molar-refractivity contribution in [2.24, 2.45) is 0 Å². The van der Waals surface area contributed by atoms with Crippen molar-refractivity contribution >= 4 is 26.7 Å². The maximum absolute atomic E-state index is 4.58. The molecular weight excluding hydrogens is 242 g/mol. The van der Waals surface area contributed by atoms with Gasteiger partial charge in [-0.05, 0) is 32.1 Å². The Labute approximate surface area is 113 Å². The predicted octanol–water partition coefficient (Wildman–Crippen LogP) is 3.44. The van der Waals surface area contributed by atoms with Crippen LogP contribution in [0.5, 0.6) is 0 Å². The molecule has 0 saturated heterocycles. The molecule has 0 aliphatic rings. The molecule has 1 aromatic carbocycles. The summed E-state index contributed by atoms with van der Waals surface area (Å²) in [7, 11) is 0. The molecule has 0 aliphatic heterocycles. The van der Waals surface area contributed by atoms with Crippen LogP contribution in [0.3, 0.4) is 0 Å². The number of benzene rings is 1. The summed E-state index contributed by atoms with van der Waals surface area (Å²) < 4.78 is 1.25. The van der Waals surface area contributed by atoms with Gasteiger partial charge in [-0.15, -0.1) is 0 Å². The molecule has 18 heavy (non-hydrogen) atoms. The molecule has 2 rings (SSSR count). The Hall–Kier alpha value is -1.13. The Morgan fingerprint density at radius 3 is 2.67 bits per heavy atom. The molecule has 0 saturated carbocycles. The fourth-order valence-electron chi connectivity index (χ4n) is 2.16. The summed E-state index contributed by atoms with van der Waals surface area (Å²) in [6, 6.07) is 8.80. The normalized spacial score (nSPS) is 13.1. The van der Waals surface area contributed by atoms with Crippen LogP contribution in [0.2, 0.25) is 0 Å². The number of aromatic nitrogens is 1. The van der Waals surface area contributed by atoms with E-state index in [0.717, 1.165) is 30.3 Å². The SMILES string of the molecule is CCN(CC)C(C)CNc1nc2ccccc2s1. The Morgan fingerprint density at radius 1 is 1.28 bits per heavy atom. The summed E-state index contributed by atoms with van der Waals surface area (Å²) in [4.78, 5) is 7.03. The molecule has 0 spiro atoms. The van der Waals surface area contributed by atoms with Crippen LogP contribution < -0.4 is 5.32 Å². The molecule has 2 aromatic rings. The molecular formula is C14H21N3S. The van der Waals surface area contributed by atoms with Gasteiger partial charge >= 0.3 is 0 Å². The first-order valence-corrected chi connectivity index (χ1v) is 7.39. The topological polar surface area (TPSA) is 28.2 Å². The molecule has 1 N–H and O–H groups in total. The van der Waals surface area contributed by atoms with Gasteiger partial charge in [0.2, 0.25) is 0 Å². The van der Waals surface area contributed by atoms with Gasteiger partial charge in [-0.3, -0.25) is 4.90 Å². The van der Waals surface area contributed by atoms with Gasteiger partial charge in [-0.1, -0.05) is 37.3 Å². The van der Waals surface area contributed by atoms with Crippen molar-refractivity contribution < 1.29 is 0 Å². The molecule has 1 heterocycles. The molecule has 98 valence electrons. The molecule has 0 bridgehead atoms. The number of para-hydroxylation sites is 1. The Kier molecular flexibility index (Phi) is 4.55. The van der Waals surface area contributed by atoms with Gasteiger partial charge in [0, 0.05) is 12.6 Å². The van der Waals surface area contributed by atoms with Crippen molar-refractivity contribution in [2.45, 2.75) is 26.8 Å². The maximum Gasteiger partial charge on any atom is 0.183 e. The molecule has 0 amide bonds. The molecule has 1 aromatic heterocycles. The lowest BCUT2D eigenvalue weighted by atomic mass is 10.3. The Morgan fingerprint density at radius 2 is 2.00 bits per heavy atom. The number of fused-ring (bicyclic) bond motifs is 1. The maximum atomic E-state index is 4.58. The molecule has 0 aliphatic carbocycles. The summed E-state index contributed by atoms with van der Waals surface area (Å²) in [5.41, 5.74) is 1.08. The van der Waals surface area contributed by atoms with Crippen molar-refractivity contribution in [2.75, 3.05) is 25.0 Å². The van der Waals surface area contributed by atoms with Crippen LogP contribution in [0.1, 0.15) is 20.8 Å². The second-order valence-electron chi connectivity index (χ2n) is 4.44. The zero-order valence-corrected chi connectivity index (χ0v) is 12.1. The number of hydrogen-bond acceptors (Lipinski definition) is 4. The number of hydrogen-bond donors (Lipinski definition) is 1. The first kappa shape index (κ1) is 13.3. The molecule has 1 atom stereocenters. The third kappa shape index (κ3) is 3.00. The van der Waals surface area contributed by atoms with Gasteiger partial charge in [0.25, 0.3) is 0 Å². The van der Waals surface area contributed by atoms with Gasteiger partial charge < -0.3 is 5.32 Å². The number of likely N-dealkylation sites (N-methyl/N-ethyl adjacent to an activating group) is 1. The number of nitrogens with zero attached hydrogens (tertiary/aromatic N) is 2. The lowest BCUT2D eigenvalue weighted by Crippen LogP contribution is -2.37. The molecule has 1 unspecified atom stereocenters. The van der Waals surface area contributed by atoms with Crippen molar-refractivity contribution in [3.8, 4) is 0 Å². The van der Waals surface area contributed by atoms with Crippen molar-refractivity contribution in [1.29, 1.82) is 0 Å². The average molecular weight is 263 g/mol. The van der Waals surface area contributed by atoms with Gasteiger partial charge in [-0.2, -0.15) is 0 Å². The van der Waals surface area contributed by atoms with Crippen molar-refractivity contribution in [3.05, 3.63) is 24.3 Å². The summed E-state index contributed by atoms with van der Waals surface area (Å²) in [6.45, 7) is 9.81. The summed E-state index contributed by atoms with van der Waals surface area (Å²) >= 11 is 1.73. The van der Waals surface area contributed by atoms with Gasteiger partial charge in [0.05, 0.1) is 10.2 Å². The van der Waals surface area contributed by atoms with Crippen LogP contribution in [0, 0.1) is 0 Å². The Bertz CT molecular complexity index is 457. The van der Waals surface area contributed by atoms with Crippen LogP contribution in [-0.4, -0.2) is 35.6 Å². The number of rotatable bonds is 6. The van der Waals surface area contributed by atoms with Crippen LogP contribution in [0.15, 0.2) is 24.3 Å². The largest absolute Gasteiger partial charge is 0.360 e. The minimum atomic E-state index is 0.534. The quantitative estimate of drug-likeness (QED) is 0.865. The van der Waals surface area contributed by atoms with Crippen LogP contribution >= 0.6 is 11.3 Å². The fraction of sp³-hybridized carbons (Fsp3) is 0.500.